The SMILES string of the molecule is C=CCc1ccccc1OCc1ccc(C(=O)Nc2cnn(COc3cccc(Cl)c3)c2)o1. The van der Waals surface area contributed by atoms with Gasteiger partial charge < -0.3 is 19.2 Å². The molecule has 4 rings (SSSR count). The average Bonchev–Trinajstić information content (AvgIpc) is 3.47. The van der Waals surface area contributed by atoms with Crippen molar-refractivity contribution in [2.24, 2.45) is 0 Å². The normalized spacial score (nSPS) is 10.6. The van der Waals surface area contributed by atoms with Gasteiger partial charge in [0.1, 0.15) is 23.9 Å². The number of hydrogen-bond donors (Lipinski definition) is 1. The van der Waals surface area contributed by atoms with Crippen molar-refractivity contribution in [3.05, 3.63) is 108 Å². The zero-order chi connectivity index (χ0) is 23.0. The molecule has 0 bridgehead atoms. The van der Waals surface area contributed by atoms with E-state index in [-0.39, 0.29) is 25.0 Å². The predicted molar refractivity (Wildman–Crippen MR) is 126 cm³/mol. The first-order valence-corrected chi connectivity index (χ1v) is 10.6. The number of para-hydroxylation sites is 1. The number of benzene rings is 2. The standard InChI is InChI=1S/C25H22ClN3O4/c1-2-6-18-7-3-4-10-23(18)31-16-22-11-12-24(33-22)25(30)28-20-14-27-29(15-20)17-32-21-9-5-8-19(26)13-21/h2-5,7-15H,1,6,16-17H2,(H,28,30). The van der Waals surface area contributed by atoms with E-state index in [1.54, 1.807) is 47.3 Å². The summed E-state index contributed by atoms with van der Waals surface area (Å²) < 4.78 is 18.7. The molecular formula is C25H22ClN3O4. The van der Waals surface area contributed by atoms with Crippen LogP contribution in [0.4, 0.5) is 5.69 Å². The maximum Gasteiger partial charge on any atom is 0.291 e. The molecule has 0 aliphatic heterocycles. The topological polar surface area (TPSA) is 78.5 Å². The van der Waals surface area contributed by atoms with Gasteiger partial charge in [0.15, 0.2) is 12.5 Å². The van der Waals surface area contributed by atoms with E-state index < -0.39 is 0 Å². The zero-order valence-electron chi connectivity index (χ0n) is 17.7. The monoisotopic (exact) mass is 463 g/mol. The largest absolute Gasteiger partial charge is 0.485 e. The number of anilines is 1. The van der Waals surface area contributed by atoms with E-state index in [2.05, 4.69) is 17.0 Å². The molecule has 0 unspecified atom stereocenters. The third-order valence-corrected chi connectivity index (χ3v) is 4.88. The van der Waals surface area contributed by atoms with E-state index in [4.69, 9.17) is 25.5 Å². The van der Waals surface area contributed by atoms with E-state index in [9.17, 15) is 4.79 Å². The number of ether oxygens (including phenoxy) is 2. The van der Waals surface area contributed by atoms with Crippen LogP contribution < -0.4 is 14.8 Å². The third kappa shape index (κ3) is 6.05. The number of aromatic nitrogens is 2. The fraction of sp³-hybridized carbons (Fsp3) is 0.120. The Balaban J connectivity index is 1.30. The van der Waals surface area contributed by atoms with Crippen molar-refractivity contribution in [3.8, 4) is 11.5 Å². The molecule has 0 saturated heterocycles. The first-order valence-electron chi connectivity index (χ1n) is 10.2. The quantitative estimate of drug-likeness (QED) is 0.304. The Morgan fingerprint density at radius 2 is 2.03 bits per heavy atom. The van der Waals surface area contributed by atoms with Gasteiger partial charge in [-0.3, -0.25) is 4.79 Å². The highest BCUT2D eigenvalue weighted by atomic mass is 35.5. The second-order valence-electron chi connectivity index (χ2n) is 7.11. The van der Waals surface area contributed by atoms with Gasteiger partial charge in [0.2, 0.25) is 0 Å². The molecule has 1 amide bonds. The van der Waals surface area contributed by atoms with E-state index in [1.165, 1.54) is 6.20 Å². The smallest absolute Gasteiger partial charge is 0.291 e. The summed E-state index contributed by atoms with van der Waals surface area (Å²) in [6, 6.07) is 18.1. The van der Waals surface area contributed by atoms with Crippen molar-refractivity contribution in [3.63, 3.8) is 0 Å². The number of amides is 1. The number of halogens is 1. The van der Waals surface area contributed by atoms with Crippen LogP contribution in [0.2, 0.25) is 5.02 Å². The minimum atomic E-state index is -0.386. The van der Waals surface area contributed by atoms with Crippen molar-refractivity contribution in [2.75, 3.05) is 5.32 Å². The molecular weight excluding hydrogens is 442 g/mol. The van der Waals surface area contributed by atoms with Crippen molar-refractivity contribution in [1.82, 2.24) is 9.78 Å². The highest BCUT2D eigenvalue weighted by molar-refractivity contribution is 6.30. The summed E-state index contributed by atoms with van der Waals surface area (Å²) in [5.41, 5.74) is 1.55. The fourth-order valence-electron chi connectivity index (χ4n) is 3.08. The molecule has 1 N–H and O–H groups in total. The van der Waals surface area contributed by atoms with Crippen LogP contribution in [0.3, 0.4) is 0 Å². The lowest BCUT2D eigenvalue weighted by Crippen LogP contribution is -2.10. The van der Waals surface area contributed by atoms with Gasteiger partial charge in [-0.15, -0.1) is 6.58 Å². The molecule has 7 nitrogen and oxygen atoms in total. The molecule has 0 aliphatic carbocycles. The van der Waals surface area contributed by atoms with Gasteiger partial charge in [-0.2, -0.15) is 5.10 Å². The Hall–Kier alpha value is -3.97. The van der Waals surface area contributed by atoms with Gasteiger partial charge in [-0.1, -0.05) is 41.9 Å². The second kappa shape index (κ2) is 10.6. The lowest BCUT2D eigenvalue weighted by molar-refractivity contribution is 0.0992. The van der Waals surface area contributed by atoms with Gasteiger partial charge in [-0.25, -0.2) is 4.68 Å². The Bertz CT molecular complexity index is 1250. The summed E-state index contributed by atoms with van der Waals surface area (Å²) in [5, 5.41) is 7.52. The Morgan fingerprint density at radius 3 is 2.88 bits per heavy atom. The van der Waals surface area contributed by atoms with Crippen molar-refractivity contribution < 1.29 is 18.7 Å². The molecule has 2 aromatic heterocycles. The van der Waals surface area contributed by atoms with E-state index in [1.807, 2.05) is 30.3 Å². The second-order valence-corrected chi connectivity index (χ2v) is 7.55. The number of carbonyl (C=O) groups excluding carboxylic acids is 1. The highest BCUT2D eigenvalue weighted by Crippen LogP contribution is 2.21. The number of carbonyl (C=O) groups is 1. The van der Waals surface area contributed by atoms with Gasteiger partial charge in [-0.05, 0) is 48.4 Å². The lowest BCUT2D eigenvalue weighted by Gasteiger charge is -2.08. The molecule has 0 atom stereocenters. The molecule has 8 heteroatoms. The van der Waals surface area contributed by atoms with E-state index in [0.717, 1.165) is 11.3 Å². The summed E-state index contributed by atoms with van der Waals surface area (Å²) >= 11 is 5.95. The molecule has 2 aromatic carbocycles. The first-order chi connectivity index (χ1) is 16.1. The zero-order valence-corrected chi connectivity index (χ0v) is 18.5. The van der Waals surface area contributed by atoms with Crippen molar-refractivity contribution in [1.29, 1.82) is 0 Å². The Labute approximate surface area is 196 Å². The van der Waals surface area contributed by atoms with E-state index >= 15 is 0 Å². The maximum atomic E-state index is 12.5. The van der Waals surface area contributed by atoms with Crippen LogP contribution in [-0.2, 0) is 19.8 Å². The predicted octanol–water partition coefficient (Wildman–Crippen LogP) is 5.73. The number of allylic oxidation sites excluding steroid dienone is 1. The number of nitrogens with one attached hydrogen (secondary N) is 1. The lowest BCUT2D eigenvalue weighted by atomic mass is 10.1. The number of furan rings is 1. The molecule has 0 spiro atoms. The third-order valence-electron chi connectivity index (χ3n) is 4.64. The summed E-state index contributed by atoms with van der Waals surface area (Å²) in [6.45, 7) is 4.15. The minimum absolute atomic E-state index is 0.172. The molecule has 0 aliphatic rings. The number of nitrogens with zero attached hydrogens (tertiary/aromatic N) is 2. The van der Waals surface area contributed by atoms with Crippen LogP contribution in [0.1, 0.15) is 21.9 Å². The molecule has 33 heavy (non-hydrogen) atoms. The van der Waals surface area contributed by atoms with Crippen molar-refractivity contribution >= 4 is 23.2 Å². The fourth-order valence-corrected chi connectivity index (χ4v) is 3.26. The summed E-state index contributed by atoms with van der Waals surface area (Å²) in [7, 11) is 0. The van der Waals surface area contributed by atoms with Crippen LogP contribution in [0.5, 0.6) is 11.5 Å². The molecule has 168 valence electrons. The molecule has 0 saturated carbocycles. The highest BCUT2D eigenvalue weighted by Gasteiger charge is 2.13. The van der Waals surface area contributed by atoms with Gasteiger partial charge in [0.05, 0.1) is 18.1 Å². The number of rotatable bonds is 10. The van der Waals surface area contributed by atoms with E-state index in [0.29, 0.717) is 28.6 Å². The van der Waals surface area contributed by atoms with Crippen LogP contribution in [0, 0.1) is 0 Å². The minimum Gasteiger partial charge on any atom is -0.485 e. The van der Waals surface area contributed by atoms with Crippen LogP contribution in [0.25, 0.3) is 0 Å². The van der Waals surface area contributed by atoms with Crippen molar-refractivity contribution in [2.45, 2.75) is 19.8 Å². The Morgan fingerprint density at radius 1 is 1.15 bits per heavy atom. The molecule has 0 fully saturated rings. The summed E-state index contributed by atoms with van der Waals surface area (Å²) in [5.74, 6) is 1.71. The molecule has 2 heterocycles. The summed E-state index contributed by atoms with van der Waals surface area (Å²) in [6.07, 6.45) is 5.72. The van der Waals surface area contributed by atoms with Crippen LogP contribution in [-0.4, -0.2) is 15.7 Å². The average molecular weight is 464 g/mol. The summed E-state index contributed by atoms with van der Waals surface area (Å²) in [4.78, 5) is 12.5. The molecule has 0 radical (unpaired) electrons. The first kappa shape index (κ1) is 22.2. The maximum absolute atomic E-state index is 12.5. The Kier molecular flexibility index (Phi) is 7.12. The van der Waals surface area contributed by atoms with Crippen LogP contribution >= 0.6 is 11.6 Å². The number of hydrogen-bond acceptors (Lipinski definition) is 5. The van der Waals surface area contributed by atoms with Gasteiger partial charge >= 0.3 is 0 Å². The van der Waals surface area contributed by atoms with Gasteiger partial charge in [0.25, 0.3) is 5.91 Å². The van der Waals surface area contributed by atoms with Crippen LogP contribution in [0.15, 0.2) is 90.1 Å². The molecule has 4 aromatic rings. The van der Waals surface area contributed by atoms with Gasteiger partial charge in [0, 0.05) is 5.02 Å².